The molecule has 3 aromatic rings. The lowest BCUT2D eigenvalue weighted by Crippen LogP contribution is -2.44. The number of hydrogen-bond acceptors (Lipinski definition) is 4. The Labute approximate surface area is 150 Å². The lowest BCUT2D eigenvalue weighted by atomic mass is 10.0. The van der Waals surface area contributed by atoms with Crippen LogP contribution in [0.3, 0.4) is 0 Å². The van der Waals surface area contributed by atoms with Crippen LogP contribution in [-0.2, 0) is 13.6 Å². The molecule has 2 N–H and O–H groups in total. The van der Waals surface area contributed by atoms with Crippen molar-refractivity contribution in [1.29, 1.82) is 0 Å². The van der Waals surface area contributed by atoms with Crippen LogP contribution in [0, 0.1) is 0 Å². The Morgan fingerprint density at radius 1 is 1.31 bits per heavy atom. The van der Waals surface area contributed by atoms with Crippen molar-refractivity contribution >= 4 is 16.8 Å². The smallest absolute Gasteiger partial charge is 0.272 e. The van der Waals surface area contributed by atoms with Gasteiger partial charge in [-0.2, -0.15) is 0 Å². The van der Waals surface area contributed by atoms with Gasteiger partial charge in [-0.25, -0.2) is 0 Å². The van der Waals surface area contributed by atoms with Gasteiger partial charge in [-0.3, -0.25) is 24.3 Å². The molecule has 7 nitrogen and oxygen atoms in total. The van der Waals surface area contributed by atoms with Gasteiger partial charge in [0.2, 0.25) is 0 Å². The van der Waals surface area contributed by atoms with E-state index in [2.05, 4.69) is 15.3 Å². The normalized spacial score (nSPS) is 16.2. The number of amides is 1. The number of fused-ring (bicyclic) bond motifs is 1. The molecule has 1 aliphatic heterocycles. The Morgan fingerprint density at radius 3 is 2.85 bits per heavy atom. The summed E-state index contributed by atoms with van der Waals surface area (Å²) in [6.45, 7) is 2.72. The molecular weight excluding hydrogens is 332 g/mol. The van der Waals surface area contributed by atoms with Crippen molar-refractivity contribution in [3.63, 3.8) is 0 Å². The second-order valence-electron chi connectivity index (χ2n) is 6.86. The quantitative estimate of drug-likeness (QED) is 0.749. The lowest BCUT2D eigenvalue weighted by molar-refractivity contribution is 0.0910. The van der Waals surface area contributed by atoms with Crippen LogP contribution in [0.5, 0.6) is 0 Å². The predicted molar refractivity (Wildman–Crippen MR) is 98.0 cm³/mol. The molecule has 0 atom stereocenters. The van der Waals surface area contributed by atoms with Gasteiger partial charge in [0, 0.05) is 38.3 Å². The molecule has 0 spiro atoms. The van der Waals surface area contributed by atoms with Crippen LogP contribution in [0.4, 0.5) is 0 Å². The van der Waals surface area contributed by atoms with E-state index in [1.807, 2.05) is 12.1 Å². The molecule has 4 rings (SSSR count). The van der Waals surface area contributed by atoms with E-state index in [0.29, 0.717) is 10.9 Å². The summed E-state index contributed by atoms with van der Waals surface area (Å²) in [7, 11) is 1.77. The minimum atomic E-state index is -0.233. The Hall–Kier alpha value is -2.80. The first-order chi connectivity index (χ1) is 12.6. The Kier molecular flexibility index (Phi) is 4.38. The maximum atomic E-state index is 12.7. The number of carbonyl (C=O) groups is 1. The molecule has 7 heteroatoms. The highest BCUT2D eigenvalue weighted by Gasteiger charge is 2.23. The SMILES string of the molecule is Cn1[nH]c(=O)c2c(C(=O)NC3CCN(Cc4ccoc4)CC3)cccc21. The molecule has 3 heterocycles. The summed E-state index contributed by atoms with van der Waals surface area (Å²) < 4.78 is 6.75. The van der Waals surface area contributed by atoms with Crippen LogP contribution in [0.2, 0.25) is 0 Å². The first kappa shape index (κ1) is 16.7. The maximum Gasteiger partial charge on any atom is 0.272 e. The second-order valence-corrected chi connectivity index (χ2v) is 6.86. The molecule has 1 aromatic carbocycles. The molecule has 1 fully saturated rings. The molecule has 0 bridgehead atoms. The Balaban J connectivity index is 1.41. The van der Waals surface area contributed by atoms with E-state index in [9.17, 15) is 9.59 Å². The summed E-state index contributed by atoms with van der Waals surface area (Å²) in [4.78, 5) is 27.2. The van der Waals surface area contributed by atoms with Gasteiger partial charge in [0.05, 0.1) is 29.0 Å². The molecule has 0 saturated carbocycles. The molecule has 0 radical (unpaired) electrons. The minimum absolute atomic E-state index is 0.126. The number of likely N-dealkylation sites (tertiary alicyclic amines) is 1. The third kappa shape index (κ3) is 3.17. The second kappa shape index (κ2) is 6.84. The van der Waals surface area contributed by atoms with Gasteiger partial charge in [-0.05, 0) is 31.0 Å². The number of benzene rings is 1. The summed E-state index contributed by atoms with van der Waals surface area (Å²) in [5, 5.41) is 6.25. The van der Waals surface area contributed by atoms with Crippen LogP contribution in [0.1, 0.15) is 28.8 Å². The summed E-state index contributed by atoms with van der Waals surface area (Å²) in [5.74, 6) is -0.180. The topological polar surface area (TPSA) is 83.3 Å². The molecule has 1 aliphatic rings. The van der Waals surface area contributed by atoms with Gasteiger partial charge in [-0.1, -0.05) is 6.07 Å². The first-order valence-electron chi connectivity index (χ1n) is 8.84. The fourth-order valence-corrected chi connectivity index (χ4v) is 3.66. The van der Waals surface area contributed by atoms with Gasteiger partial charge in [0.25, 0.3) is 11.5 Å². The van der Waals surface area contributed by atoms with Crippen LogP contribution in [-0.4, -0.2) is 39.7 Å². The van der Waals surface area contributed by atoms with E-state index in [0.717, 1.165) is 38.0 Å². The van der Waals surface area contributed by atoms with E-state index in [4.69, 9.17) is 4.42 Å². The highest BCUT2D eigenvalue weighted by molar-refractivity contribution is 6.06. The molecular formula is C19H22N4O3. The minimum Gasteiger partial charge on any atom is -0.472 e. The number of H-pyrrole nitrogens is 1. The van der Waals surface area contributed by atoms with Crippen molar-refractivity contribution in [1.82, 2.24) is 20.0 Å². The van der Waals surface area contributed by atoms with Crippen LogP contribution >= 0.6 is 0 Å². The number of hydrogen-bond donors (Lipinski definition) is 2. The summed E-state index contributed by atoms with van der Waals surface area (Å²) in [6, 6.07) is 7.45. The van der Waals surface area contributed by atoms with E-state index < -0.39 is 0 Å². The number of nitrogens with zero attached hydrogens (tertiary/aromatic N) is 2. The zero-order chi connectivity index (χ0) is 18.1. The number of aromatic amines is 1. The highest BCUT2D eigenvalue weighted by Crippen LogP contribution is 2.17. The van der Waals surface area contributed by atoms with Crippen LogP contribution < -0.4 is 10.9 Å². The van der Waals surface area contributed by atoms with Crippen molar-refractivity contribution in [2.24, 2.45) is 7.05 Å². The van der Waals surface area contributed by atoms with Gasteiger partial charge in [-0.15, -0.1) is 0 Å². The van der Waals surface area contributed by atoms with E-state index in [1.165, 1.54) is 5.56 Å². The van der Waals surface area contributed by atoms with Crippen LogP contribution in [0.25, 0.3) is 10.9 Å². The van der Waals surface area contributed by atoms with Crippen molar-refractivity contribution in [2.45, 2.75) is 25.4 Å². The Bertz CT molecular complexity index is 962. The first-order valence-corrected chi connectivity index (χ1v) is 8.84. The fraction of sp³-hybridized carbons (Fsp3) is 0.368. The predicted octanol–water partition coefficient (Wildman–Crippen LogP) is 1.85. The standard InChI is InChI=1S/C19H22N4O3/c1-22-16-4-2-3-15(17(16)19(25)21-22)18(24)20-14-5-8-23(9-6-14)11-13-7-10-26-12-13/h2-4,7,10,12,14H,5-6,8-9,11H2,1H3,(H,20,24)(H,21,25). The molecule has 136 valence electrons. The summed E-state index contributed by atoms with van der Waals surface area (Å²) in [6.07, 6.45) is 5.25. The van der Waals surface area contributed by atoms with Crippen LogP contribution in [0.15, 0.2) is 46.0 Å². The van der Waals surface area contributed by atoms with E-state index >= 15 is 0 Å². The summed E-state index contributed by atoms with van der Waals surface area (Å²) >= 11 is 0. The highest BCUT2D eigenvalue weighted by atomic mass is 16.3. The fourth-order valence-electron chi connectivity index (χ4n) is 3.66. The third-order valence-corrected chi connectivity index (χ3v) is 5.05. The number of furan rings is 1. The number of carbonyl (C=O) groups excluding carboxylic acids is 1. The van der Waals surface area contributed by atoms with Gasteiger partial charge in [0.15, 0.2) is 0 Å². The molecule has 0 unspecified atom stereocenters. The number of rotatable bonds is 4. The molecule has 0 aliphatic carbocycles. The zero-order valence-electron chi connectivity index (χ0n) is 14.7. The van der Waals surface area contributed by atoms with E-state index in [-0.39, 0.29) is 17.5 Å². The lowest BCUT2D eigenvalue weighted by Gasteiger charge is -2.32. The van der Waals surface area contributed by atoms with Gasteiger partial charge < -0.3 is 9.73 Å². The zero-order valence-corrected chi connectivity index (χ0v) is 14.7. The number of aromatic nitrogens is 2. The van der Waals surface area contributed by atoms with Crippen molar-refractivity contribution < 1.29 is 9.21 Å². The number of piperidine rings is 1. The largest absolute Gasteiger partial charge is 0.472 e. The van der Waals surface area contributed by atoms with Gasteiger partial charge >= 0.3 is 0 Å². The maximum absolute atomic E-state index is 12.7. The monoisotopic (exact) mass is 354 g/mol. The van der Waals surface area contributed by atoms with E-state index in [1.54, 1.807) is 36.4 Å². The third-order valence-electron chi connectivity index (χ3n) is 5.05. The van der Waals surface area contributed by atoms with Crippen molar-refractivity contribution in [3.05, 3.63) is 58.3 Å². The molecule has 1 saturated heterocycles. The van der Waals surface area contributed by atoms with Crippen molar-refractivity contribution in [2.75, 3.05) is 13.1 Å². The summed E-state index contributed by atoms with van der Waals surface area (Å²) in [5.41, 5.74) is 2.11. The average molecular weight is 354 g/mol. The number of aryl methyl sites for hydroxylation is 1. The molecule has 1 amide bonds. The molecule has 2 aromatic heterocycles. The Morgan fingerprint density at radius 2 is 2.12 bits per heavy atom. The van der Waals surface area contributed by atoms with Crippen molar-refractivity contribution in [3.8, 4) is 0 Å². The average Bonchev–Trinajstić information content (AvgIpc) is 3.25. The number of nitrogens with one attached hydrogen (secondary N) is 2. The van der Waals surface area contributed by atoms with Gasteiger partial charge in [0.1, 0.15) is 0 Å². The molecule has 26 heavy (non-hydrogen) atoms.